The van der Waals surface area contributed by atoms with Crippen molar-refractivity contribution in [2.24, 2.45) is 7.05 Å². The largest absolute Gasteiger partial charge is 0.356 e. The SMILES string of the molecule is Cn1c(C2CN(C(=O)c3cc(Br)c[nH]3)C2)n[nH]c1=O. The molecule has 0 aliphatic carbocycles. The molecule has 1 amide bonds. The molecule has 0 saturated carbocycles. The first-order valence-electron chi connectivity index (χ1n) is 5.80. The van der Waals surface area contributed by atoms with Gasteiger partial charge in [0, 0.05) is 30.8 Å². The summed E-state index contributed by atoms with van der Waals surface area (Å²) in [5, 5.41) is 6.39. The van der Waals surface area contributed by atoms with Crippen LogP contribution >= 0.6 is 15.9 Å². The Morgan fingerprint density at radius 2 is 2.26 bits per heavy atom. The van der Waals surface area contributed by atoms with Gasteiger partial charge in [0.25, 0.3) is 5.91 Å². The van der Waals surface area contributed by atoms with Crippen molar-refractivity contribution >= 4 is 21.8 Å². The van der Waals surface area contributed by atoms with Gasteiger partial charge in [-0.3, -0.25) is 9.36 Å². The van der Waals surface area contributed by atoms with E-state index in [9.17, 15) is 9.59 Å². The van der Waals surface area contributed by atoms with Crippen molar-refractivity contribution in [3.05, 3.63) is 38.7 Å². The molecule has 2 aromatic heterocycles. The van der Waals surface area contributed by atoms with Crippen molar-refractivity contribution in [3.63, 3.8) is 0 Å². The maximum atomic E-state index is 12.1. The van der Waals surface area contributed by atoms with Gasteiger partial charge in [0.1, 0.15) is 11.5 Å². The Bertz CT molecular complexity index is 679. The summed E-state index contributed by atoms with van der Waals surface area (Å²) in [7, 11) is 1.67. The van der Waals surface area contributed by atoms with Crippen molar-refractivity contribution < 1.29 is 4.79 Å². The number of aromatic nitrogens is 4. The van der Waals surface area contributed by atoms with E-state index in [0.717, 1.165) is 4.47 Å². The van der Waals surface area contributed by atoms with Crippen LogP contribution in [0, 0.1) is 0 Å². The average molecular weight is 326 g/mol. The van der Waals surface area contributed by atoms with Gasteiger partial charge < -0.3 is 9.88 Å². The zero-order valence-corrected chi connectivity index (χ0v) is 11.8. The Kier molecular flexibility index (Phi) is 2.81. The number of nitrogens with zero attached hydrogens (tertiary/aromatic N) is 3. The van der Waals surface area contributed by atoms with Crippen molar-refractivity contribution in [2.45, 2.75) is 5.92 Å². The second kappa shape index (κ2) is 4.37. The third-order valence-corrected chi connectivity index (χ3v) is 3.78. The fourth-order valence-electron chi connectivity index (χ4n) is 2.19. The molecule has 7 nitrogen and oxygen atoms in total. The predicted molar refractivity (Wildman–Crippen MR) is 71.0 cm³/mol. The van der Waals surface area contributed by atoms with Gasteiger partial charge in [0.05, 0.1) is 5.92 Å². The highest BCUT2D eigenvalue weighted by Crippen LogP contribution is 2.26. The molecular formula is C11H12BrN5O2. The lowest BCUT2D eigenvalue weighted by Gasteiger charge is -2.38. The Labute approximate surface area is 116 Å². The first kappa shape index (κ1) is 12.2. The molecule has 0 atom stereocenters. The molecule has 19 heavy (non-hydrogen) atoms. The predicted octanol–water partition coefficient (Wildman–Crippen LogP) is 0.439. The summed E-state index contributed by atoms with van der Waals surface area (Å²) >= 11 is 3.30. The number of rotatable bonds is 2. The van der Waals surface area contributed by atoms with Gasteiger partial charge >= 0.3 is 5.69 Å². The Morgan fingerprint density at radius 1 is 1.53 bits per heavy atom. The third kappa shape index (κ3) is 2.01. The molecule has 1 fully saturated rings. The van der Waals surface area contributed by atoms with E-state index in [-0.39, 0.29) is 17.5 Å². The molecule has 0 spiro atoms. The highest BCUT2D eigenvalue weighted by Gasteiger charge is 2.35. The molecule has 1 saturated heterocycles. The van der Waals surface area contributed by atoms with Crippen LogP contribution in [0.2, 0.25) is 0 Å². The minimum absolute atomic E-state index is 0.0394. The van der Waals surface area contributed by atoms with Gasteiger partial charge in [-0.15, -0.1) is 0 Å². The second-order valence-corrected chi connectivity index (χ2v) is 5.50. The van der Waals surface area contributed by atoms with E-state index in [1.54, 1.807) is 24.2 Å². The van der Waals surface area contributed by atoms with Crippen LogP contribution in [0.5, 0.6) is 0 Å². The first-order valence-corrected chi connectivity index (χ1v) is 6.60. The van der Waals surface area contributed by atoms with Crippen LogP contribution in [0.4, 0.5) is 0 Å². The average Bonchev–Trinajstić information content (AvgIpc) is 2.88. The minimum atomic E-state index is -0.229. The van der Waals surface area contributed by atoms with Crippen LogP contribution in [-0.4, -0.2) is 43.6 Å². The van der Waals surface area contributed by atoms with Crippen molar-refractivity contribution in [1.82, 2.24) is 24.6 Å². The summed E-state index contributed by atoms with van der Waals surface area (Å²) in [5.74, 6) is 0.774. The monoisotopic (exact) mass is 325 g/mol. The van der Waals surface area contributed by atoms with Gasteiger partial charge in [-0.25, -0.2) is 9.89 Å². The van der Waals surface area contributed by atoms with E-state index in [1.807, 2.05) is 0 Å². The molecule has 0 aromatic carbocycles. The van der Waals surface area contributed by atoms with Gasteiger partial charge in [-0.2, -0.15) is 5.10 Å². The number of hydrogen-bond acceptors (Lipinski definition) is 3. The van der Waals surface area contributed by atoms with E-state index in [4.69, 9.17) is 0 Å². The second-order valence-electron chi connectivity index (χ2n) is 4.58. The number of likely N-dealkylation sites (tertiary alicyclic amines) is 1. The van der Waals surface area contributed by atoms with Crippen molar-refractivity contribution in [1.29, 1.82) is 0 Å². The van der Waals surface area contributed by atoms with E-state index in [2.05, 4.69) is 31.1 Å². The summed E-state index contributed by atoms with van der Waals surface area (Å²) in [6.45, 7) is 1.15. The van der Waals surface area contributed by atoms with Crippen LogP contribution < -0.4 is 5.69 Å². The third-order valence-electron chi connectivity index (χ3n) is 3.33. The van der Waals surface area contributed by atoms with E-state index in [1.165, 1.54) is 4.57 Å². The molecule has 3 heterocycles. The maximum absolute atomic E-state index is 12.1. The molecule has 100 valence electrons. The van der Waals surface area contributed by atoms with Gasteiger partial charge in [0.15, 0.2) is 0 Å². The smallest absolute Gasteiger partial charge is 0.343 e. The number of halogens is 1. The Hall–Kier alpha value is -1.83. The summed E-state index contributed by atoms with van der Waals surface area (Å²) in [4.78, 5) is 28.0. The van der Waals surface area contributed by atoms with Crippen LogP contribution in [-0.2, 0) is 7.05 Å². The van der Waals surface area contributed by atoms with Crippen LogP contribution in [0.25, 0.3) is 0 Å². The van der Waals surface area contributed by atoms with E-state index in [0.29, 0.717) is 24.6 Å². The number of hydrogen-bond donors (Lipinski definition) is 2. The lowest BCUT2D eigenvalue weighted by molar-refractivity contribution is 0.0586. The highest BCUT2D eigenvalue weighted by molar-refractivity contribution is 9.10. The van der Waals surface area contributed by atoms with E-state index < -0.39 is 0 Å². The minimum Gasteiger partial charge on any atom is -0.356 e. The summed E-state index contributed by atoms with van der Waals surface area (Å²) < 4.78 is 2.33. The number of aromatic amines is 2. The lowest BCUT2D eigenvalue weighted by Crippen LogP contribution is -2.49. The molecule has 0 radical (unpaired) electrons. The Balaban J connectivity index is 1.68. The number of nitrogens with one attached hydrogen (secondary N) is 2. The normalized spacial score (nSPS) is 15.6. The van der Waals surface area contributed by atoms with Crippen LogP contribution in [0.15, 0.2) is 21.5 Å². The molecule has 8 heteroatoms. The number of carbonyl (C=O) groups excluding carboxylic acids is 1. The molecule has 1 aliphatic rings. The van der Waals surface area contributed by atoms with E-state index >= 15 is 0 Å². The zero-order valence-electron chi connectivity index (χ0n) is 10.2. The Morgan fingerprint density at radius 3 is 2.79 bits per heavy atom. The van der Waals surface area contributed by atoms with Gasteiger partial charge in [-0.05, 0) is 22.0 Å². The topological polar surface area (TPSA) is 86.8 Å². The first-order chi connectivity index (χ1) is 9.06. The van der Waals surface area contributed by atoms with Crippen LogP contribution in [0.3, 0.4) is 0 Å². The number of H-pyrrole nitrogens is 2. The fourth-order valence-corrected chi connectivity index (χ4v) is 2.54. The quantitative estimate of drug-likeness (QED) is 0.839. The summed E-state index contributed by atoms with van der Waals surface area (Å²) in [6, 6.07) is 1.75. The number of amides is 1. The molecular weight excluding hydrogens is 314 g/mol. The van der Waals surface area contributed by atoms with Crippen molar-refractivity contribution in [2.75, 3.05) is 13.1 Å². The molecule has 1 aliphatic heterocycles. The zero-order chi connectivity index (χ0) is 13.6. The molecule has 2 aromatic rings. The highest BCUT2D eigenvalue weighted by atomic mass is 79.9. The molecule has 0 unspecified atom stereocenters. The van der Waals surface area contributed by atoms with Gasteiger partial charge in [-0.1, -0.05) is 0 Å². The van der Waals surface area contributed by atoms with Crippen molar-refractivity contribution in [3.8, 4) is 0 Å². The van der Waals surface area contributed by atoms with Gasteiger partial charge in [0.2, 0.25) is 0 Å². The molecule has 0 bridgehead atoms. The fraction of sp³-hybridized carbons (Fsp3) is 0.364. The molecule has 2 N–H and O–H groups in total. The number of carbonyl (C=O) groups is 1. The van der Waals surface area contributed by atoms with Crippen LogP contribution in [0.1, 0.15) is 22.2 Å². The molecule has 3 rings (SSSR count). The summed E-state index contributed by atoms with van der Waals surface area (Å²) in [6.07, 6.45) is 1.72. The summed E-state index contributed by atoms with van der Waals surface area (Å²) in [5.41, 5.74) is 0.328. The maximum Gasteiger partial charge on any atom is 0.343 e. The standard InChI is InChI=1S/C11H12BrN5O2/c1-16-9(14-15-11(16)19)6-4-17(5-6)10(18)8-2-7(12)3-13-8/h2-3,6,13H,4-5H2,1H3,(H,15,19). The lowest BCUT2D eigenvalue weighted by atomic mass is 9.99.